The van der Waals surface area contributed by atoms with Gasteiger partial charge in [0, 0.05) is 23.3 Å². The highest BCUT2D eigenvalue weighted by Crippen LogP contribution is 2.17. The van der Waals surface area contributed by atoms with E-state index in [2.05, 4.69) is 25.0 Å². The molecule has 0 saturated carbocycles. The highest BCUT2D eigenvalue weighted by atomic mass is 32.1. The fourth-order valence-corrected chi connectivity index (χ4v) is 1.59. The van der Waals surface area contributed by atoms with Gasteiger partial charge >= 0.3 is 0 Å². The monoisotopic (exact) mass is 208 g/mol. The fourth-order valence-electron chi connectivity index (χ4n) is 1.11. The van der Waals surface area contributed by atoms with E-state index in [1.165, 1.54) is 17.9 Å². The zero-order valence-electron chi connectivity index (χ0n) is 7.16. The quantitative estimate of drug-likeness (QED) is 0.540. The molecule has 2 heterocycles. The topological polar surface area (TPSA) is 89.6 Å². The van der Waals surface area contributed by atoms with E-state index >= 15 is 0 Å². The molecule has 2 rings (SSSR count). The van der Waals surface area contributed by atoms with E-state index in [0.29, 0.717) is 0 Å². The highest BCUT2D eigenvalue weighted by Gasteiger charge is 2.15. The third-order valence-corrected chi connectivity index (χ3v) is 2.28. The zero-order valence-corrected chi connectivity index (χ0v) is 7.98. The molecular formula is C7H8N6S. The maximum Gasteiger partial charge on any atom is 0.115 e. The van der Waals surface area contributed by atoms with Crippen molar-refractivity contribution in [3.05, 3.63) is 35.4 Å². The van der Waals surface area contributed by atoms with E-state index < -0.39 is 0 Å². The van der Waals surface area contributed by atoms with Crippen molar-refractivity contribution in [2.75, 3.05) is 0 Å². The number of rotatable bonds is 3. The minimum atomic E-state index is -0.199. The minimum Gasteiger partial charge on any atom is -0.271 e. The van der Waals surface area contributed by atoms with Crippen LogP contribution in [0.2, 0.25) is 0 Å². The summed E-state index contributed by atoms with van der Waals surface area (Å²) in [4.78, 5) is 7.82. The first-order chi connectivity index (χ1) is 6.92. The second-order valence-corrected chi connectivity index (χ2v) is 3.21. The normalized spacial score (nSPS) is 12.6. The van der Waals surface area contributed by atoms with Gasteiger partial charge in [-0.2, -0.15) is 0 Å². The van der Waals surface area contributed by atoms with Gasteiger partial charge in [-0.3, -0.25) is 5.84 Å². The molecule has 72 valence electrons. The molecule has 0 radical (unpaired) electrons. The van der Waals surface area contributed by atoms with Gasteiger partial charge in [0.15, 0.2) is 0 Å². The summed E-state index contributed by atoms with van der Waals surface area (Å²) in [6.45, 7) is 0. The molecule has 0 aliphatic rings. The molecule has 0 aromatic carbocycles. The Hall–Kier alpha value is -1.44. The molecule has 1 atom stereocenters. The van der Waals surface area contributed by atoms with Crippen molar-refractivity contribution in [2.45, 2.75) is 6.04 Å². The second-order valence-electron chi connectivity index (χ2n) is 2.60. The van der Waals surface area contributed by atoms with Crippen molar-refractivity contribution in [3.63, 3.8) is 0 Å². The Morgan fingerprint density at radius 3 is 2.71 bits per heavy atom. The average molecular weight is 208 g/mol. The van der Waals surface area contributed by atoms with Crippen molar-refractivity contribution in [2.24, 2.45) is 5.84 Å². The van der Waals surface area contributed by atoms with Crippen LogP contribution in [0.25, 0.3) is 0 Å². The first-order valence-corrected chi connectivity index (χ1v) is 4.73. The van der Waals surface area contributed by atoms with Gasteiger partial charge in [-0.05, 0) is 11.5 Å². The van der Waals surface area contributed by atoms with E-state index in [9.17, 15) is 0 Å². The Morgan fingerprint density at radius 1 is 1.36 bits per heavy atom. The lowest BCUT2D eigenvalue weighted by atomic mass is 10.1. The Balaban J connectivity index is 2.31. The summed E-state index contributed by atoms with van der Waals surface area (Å²) in [7, 11) is 0. The van der Waals surface area contributed by atoms with Crippen LogP contribution in [0.4, 0.5) is 0 Å². The molecule has 0 spiro atoms. The fraction of sp³-hybridized carbons (Fsp3) is 0.143. The number of nitrogens with two attached hydrogens (primary N) is 1. The van der Waals surface area contributed by atoms with Gasteiger partial charge in [-0.15, -0.1) is 5.10 Å². The third-order valence-electron chi connectivity index (χ3n) is 1.75. The number of hydrogen-bond donors (Lipinski definition) is 2. The molecule has 2 aromatic rings. The van der Waals surface area contributed by atoms with Crippen LogP contribution in [0, 0.1) is 0 Å². The lowest BCUT2D eigenvalue weighted by Crippen LogP contribution is -2.29. The zero-order chi connectivity index (χ0) is 9.80. The van der Waals surface area contributed by atoms with Crippen LogP contribution < -0.4 is 11.3 Å². The van der Waals surface area contributed by atoms with Crippen LogP contribution in [0.5, 0.6) is 0 Å². The number of hydrazine groups is 1. The molecule has 14 heavy (non-hydrogen) atoms. The van der Waals surface area contributed by atoms with Gasteiger partial charge in [0.25, 0.3) is 0 Å². The summed E-state index contributed by atoms with van der Waals surface area (Å²) in [5.41, 5.74) is 4.28. The minimum absolute atomic E-state index is 0.199. The van der Waals surface area contributed by atoms with Crippen molar-refractivity contribution in [3.8, 4) is 0 Å². The van der Waals surface area contributed by atoms with Gasteiger partial charge in [0.1, 0.15) is 6.33 Å². The second kappa shape index (κ2) is 4.18. The van der Waals surface area contributed by atoms with Crippen molar-refractivity contribution in [1.82, 2.24) is 25.0 Å². The Bertz CT molecular complexity index is 374. The molecule has 6 nitrogen and oxygen atoms in total. The van der Waals surface area contributed by atoms with E-state index in [1.54, 1.807) is 12.4 Å². The van der Waals surface area contributed by atoms with Crippen molar-refractivity contribution >= 4 is 11.5 Å². The molecule has 0 aliphatic carbocycles. The summed E-state index contributed by atoms with van der Waals surface area (Å²) in [6.07, 6.45) is 4.85. The first-order valence-electron chi connectivity index (χ1n) is 3.90. The smallest absolute Gasteiger partial charge is 0.115 e. The van der Waals surface area contributed by atoms with Crippen molar-refractivity contribution < 1.29 is 0 Å². The van der Waals surface area contributed by atoms with Crippen LogP contribution in [0.3, 0.4) is 0 Å². The predicted octanol–water partition coefficient (Wildman–Crippen LogP) is -0.119. The molecular weight excluding hydrogens is 200 g/mol. The van der Waals surface area contributed by atoms with E-state index in [1.807, 2.05) is 5.38 Å². The van der Waals surface area contributed by atoms with Gasteiger partial charge in [0.05, 0.1) is 11.7 Å². The maximum atomic E-state index is 5.43. The number of nitrogens with one attached hydrogen (secondary N) is 1. The summed E-state index contributed by atoms with van der Waals surface area (Å²) in [5.74, 6) is 5.43. The Kier molecular flexibility index (Phi) is 2.73. The van der Waals surface area contributed by atoms with Crippen LogP contribution in [-0.4, -0.2) is 19.6 Å². The highest BCUT2D eigenvalue weighted by molar-refractivity contribution is 7.03. The van der Waals surface area contributed by atoms with Gasteiger partial charge in [-0.1, -0.05) is 4.49 Å². The van der Waals surface area contributed by atoms with Crippen LogP contribution >= 0.6 is 11.5 Å². The molecule has 1 unspecified atom stereocenters. The third kappa shape index (κ3) is 1.74. The summed E-state index contributed by atoms with van der Waals surface area (Å²) in [6, 6.07) is -0.199. The SMILES string of the molecule is NNC(c1cncnc1)c1csnn1. The largest absolute Gasteiger partial charge is 0.271 e. The molecule has 7 heteroatoms. The number of nitrogens with zero attached hydrogens (tertiary/aromatic N) is 4. The van der Waals surface area contributed by atoms with Crippen molar-refractivity contribution in [1.29, 1.82) is 0 Å². The molecule has 0 fully saturated rings. The summed E-state index contributed by atoms with van der Waals surface area (Å²) < 4.78 is 3.77. The molecule has 2 aromatic heterocycles. The van der Waals surface area contributed by atoms with E-state index in [0.717, 1.165) is 11.3 Å². The number of aromatic nitrogens is 4. The summed E-state index contributed by atoms with van der Waals surface area (Å²) in [5, 5.41) is 5.77. The van der Waals surface area contributed by atoms with Crippen LogP contribution in [0.1, 0.15) is 17.3 Å². The maximum absolute atomic E-state index is 5.43. The predicted molar refractivity (Wildman–Crippen MR) is 51.1 cm³/mol. The van der Waals surface area contributed by atoms with Gasteiger partial charge < -0.3 is 0 Å². The van der Waals surface area contributed by atoms with Gasteiger partial charge in [-0.25, -0.2) is 15.4 Å². The lowest BCUT2D eigenvalue weighted by molar-refractivity contribution is 0.614. The molecule has 0 saturated heterocycles. The molecule has 0 amide bonds. The Morgan fingerprint density at radius 2 is 2.14 bits per heavy atom. The standard InChI is InChI=1S/C7H8N6S/c8-11-7(6-3-14-13-12-6)5-1-9-4-10-2-5/h1-4,7,11H,8H2. The van der Waals surface area contributed by atoms with E-state index in [4.69, 9.17) is 5.84 Å². The van der Waals surface area contributed by atoms with E-state index in [-0.39, 0.29) is 6.04 Å². The average Bonchev–Trinajstić information content (AvgIpc) is 2.74. The first kappa shape index (κ1) is 9.13. The lowest BCUT2D eigenvalue weighted by Gasteiger charge is -2.11. The van der Waals surface area contributed by atoms with Crippen LogP contribution in [-0.2, 0) is 0 Å². The number of hydrogen-bond acceptors (Lipinski definition) is 7. The molecule has 0 bridgehead atoms. The van der Waals surface area contributed by atoms with Crippen LogP contribution in [0.15, 0.2) is 24.1 Å². The Labute approximate surface area is 84.3 Å². The summed E-state index contributed by atoms with van der Waals surface area (Å²) >= 11 is 1.28. The molecule has 3 N–H and O–H groups in total. The van der Waals surface area contributed by atoms with Gasteiger partial charge in [0.2, 0.25) is 0 Å². The molecule has 0 aliphatic heterocycles.